The molecule has 0 radical (unpaired) electrons. The van der Waals surface area contributed by atoms with Gasteiger partial charge in [0.2, 0.25) is 0 Å². The normalized spacial score (nSPS) is 12.7. The van der Waals surface area contributed by atoms with Crippen LogP contribution in [0.4, 0.5) is 0 Å². The van der Waals surface area contributed by atoms with E-state index in [9.17, 15) is 14.4 Å². The molecule has 0 heterocycles. The van der Waals surface area contributed by atoms with Gasteiger partial charge in [0, 0.05) is 19.3 Å². The summed E-state index contributed by atoms with van der Waals surface area (Å²) in [6.07, 6.45) is 95.7. The first-order valence-corrected chi connectivity index (χ1v) is 35.7. The Morgan fingerprint density at radius 2 is 0.470 bits per heavy atom. The van der Waals surface area contributed by atoms with Gasteiger partial charge in [-0.1, -0.05) is 311 Å². The summed E-state index contributed by atoms with van der Waals surface area (Å²) in [5.41, 5.74) is 0. The van der Waals surface area contributed by atoms with Gasteiger partial charge in [-0.05, 0) is 122 Å². The molecule has 1 unspecified atom stereocenters. The predicted molar refractivity (Wildman–Crippen MR) is 362 cm³/mol. The molecule has 0 N–H and O–H groups in total. The quantitative estimate of drug-likeness (QED) is 0.0261. The first-order valence-electron chi connectivity index (χ1n) is 35.7. The largest absolute Gasteiger partial charge is 0.462 e. The second-order valence-electron chi connectivity index (χ2n) is 23.8. The SMILES string of the molecule is CC/C=C\C/C=C\C/C=C\C/C=C\C/C=C\C/C=C\CCCCCCCCCCCCC(=O)OCC(COC(=O)CCCCCCC/C=C\CCCCCC)OC(=O)CCCCCCCCCCCCC/C=C\CCCCCCCCCC. The minimum Gasteiger partial charge on any atom is -0.462 e. The van der Waals surface area contributed by atoms with Crippen LogP contribution in [0.1, 0.15) is 355 Å². The van der Waals surface area contributed by atoms with Crippen LogP contribution in [0.5, 0.6) is 0 Å². The zero-order chi connectivity index (χ0) is 59.9. The highest BCUT2D eigenvalue weighted by molar-refractivity contribution is 5.71. The first-order chi connectivity index (χ1) is 41.0. The summed E-state index contributed by atoms with van der Waals surface area (Å²) in [5, 5.41) is 0. The van der Waals surface area contributed by atoms with Crippen molar-refractivity contribution >= 4 is 17.9 Å². The van der Waals surface area contributed by atoms with Crippen molar-refractivity contribution in [3.05, 3.63) is 97.2 Å². The highest BCUT2D eigenvalue weighted by Crippen LogP contribution is 2.17. The molecule has 0 rings (SSSR count). The fourth-order valence-corrected chi connectivity index (χ4v) is 10.2. The van der Waals surface area contributed by atoms with Gasteiger partial charge < -0.3 is 14.2 Å². The molecule has 0 spiro atoms. The number of carbonyl (C=O) groups is 3. The lowest BCUT2D eigenvalue weighted by molar-refractivity contribution is -0.167. The van der Waals surface area contributed by atoms with Crippen LogP contribution in [0.2, 0.25) is 0 Å². The molecule has 0 aromatic carbocycles. The fourth-order valence-electron chi connectivity index (χ4n) is 10.2. The van der Waals surface area contributed by atoms with E-state index in [0.29, 0.717) is 19.3 Å². The molecular formula is C77H134O6. The van der Waals surface area contributed by atoms with E-state index in [0.717, 1.165) is 103 Å². The van der Waals surface area contributed by atoms with Gasteiger partial charge in [-0.25, -0.2) is 0 Å². The Bertz CT molecular complexity index is 1610. The highest BCUT2D eigenvalue weighted by atomic mass is 16.6. The molecule has 478 valence electrons. The molecular weight excluding hydrogens is 1020 g/mol. The molecule has 0 amide bonds. The van der Waals surface area contributed by atoms with E-state index in [2.05, 4.69) is 118 Å². The summed E-state index contributed by atoms with van der Waals surface area (Å²) in [7, 11) is 0. The Hall–Kier alpha value is -3.67. The van der Waals surface area contributed by atoms with Gasteiger partial charge in [0.15, 0.2) is 6.10 Å². The summed E-state index contributed by atoms with van der Waals surface area (Å²) in [5.74, 6) is -0.878. The molecule has 0 aliphatic carbocycles. The molecule has 83 heavy (non-hydrogen) atoms. The van der Waals surface area contributed by atoms with E-state index in [1.807, 2.05) is 0 Å². The van der Waals surface area contributed by atoms with E-state index < -0.39 is 6.10 Å². The smallest absolute Gasteiger partial charge is 0.306 e. The van der Waals surface area contributed by atoms with E-state index in [1.165, 1.54) is 212 Å². The number of hydrogen-bond acceptors (Lipinski definition) is 6. The van der Waals surface area contributed by atoms with Crippen LogP contribution in [0, 0.1) is 0 Å². The summed E-state index contributed by atoms with van der Waals surface area (Å²) in [6.45, 7) is 6.54. The van der Waals surface area contributed by atoms with E-state index in [-0.39, 0.29) is 31.1 Å². The summed E-state index contributed by atoms with van der Waals surface area (Å²) in [4.78, 5) is 38.4. The van der Waals surface area contributed by atoms with Crippen molar-refractivity contribution in [1.29, 1.82) is 0 Å². The number of rotatable bonds is 65. The van der Waals surface area contributed by atoms with Gasteiger partial charge in [0.05, 0.1) is 0 Å². The Kier molecular flexibility index (Phi) is 67.7. The Labute approximate surface area is 515 Å². The van der Waals surface area contributed by atoms with Crippen LogP contribution < -0.4 is 0 Å². The zero-order valence-corrected chi connectivity index (χ0v) is 54.9. The molecule has 0 fully saturated rings. The molecule has 0 aliphatic heterocycles. The van der Waals surface area contributed by atoms with Crippen LogP contribution in [0.3, 0.4) is 0 Å². The number of esters is 3. The third-order valence-corrected chi connectivity index (χ3v) is 15.5. The molecule has 6 nitrogen and oxygen atoms in total. The van der Waals surface area contributed by atoms with Crippen molar-refractivity contribution in [3.63, 3.8) is 0 Å². The van der Waals surface area contributed by atoms with Crippen molar-refractivity contribution in [2.45, 2.75) is 361 Å². The van der Waals surface area contributed by atoms with Gasteiger partial charge in [-0.3, -0.25) is 14.4 Å². The summed E-state index contributed by atoms with van der Waals surface area (Å²) < 4.78 is 17.0. The molecule has 1 atom stereocenters. The lowest BCUT2D eigenvalue weighted by Gasteiger charge is -2.18. The van der Waals surface area contributed by atoms with Gasteiger partial charge >= 0.3 is 17.9 Å². The number of allylic oxidation sites excluding steroid dienone is 16. The van der Waals surface area contributed by atoms with Gasteiger partial charge in [-0.2, -0.15) is 0 Å². The second-order valence-corrected chi connectivity index (χ2v) is 23.8. The Morgan fingerprint density at radius 1 is 0.253 bits per heavy atom. The molecule has 0 saturated carbocycles. The van der Waals surface area contributed by atoms with E-state index in [1.54, 1.807) is 0 Å². The van der Waals surface area contributed by atoms with Crippen LogP contribution in [-0.2, 0) is 28.6 Å². The molecule has 0 aromatic heterocycles. The summed E-state index contributed by atoms with van der Waals surface area (Å²) in [6, 6.07) is 0. The molecule has 0 bridgehead atoms. The minimum absolute atomic E-state index is 0.0805. The van der Waals surface area contributed by atoms with Crippen LogP contribution >= 0.6 is 0 Å². The number of carbonyl (C=O) groups excluding carboxylic acids is 3. The third-order valence-electron chi connectivity index (χ3n) is 15.5. The lowest BCUT2D eigenvalue weighted by atomic mass is 10.0. The van der Waals surface area contributed by atoms with Gasteiger partial charge in [0.1, 0.15) is 13.2 Å². The van der Waals surface area contributed by atoms with Crippen LogP contribution in [-0.4, -0.2) is 37.2 Å². The van der Waals surface area contributed by atoms with Gasteiger partial charge in [-0.15, -0.1) is 0 Å². The number of ether oxygens (including phenoxy) is 3. The molecule has 0 saturated heterocycles. The van der Waals surface area contributed by atoms with Gasteiger partial charge in [0.25, 0.3) is 0 Å². The van der Waals surface area contributed by atoms with E-state index in [4.69, 9.17) is 14.2 Å². The van der Waals surface area contributed by atoms with Crippen LogP contribution in [0.25, 0.3) is 0 Å². The van der Waals surface area contributed by atoms with Crippen molar-refractivity contribution < 1.29 is 28.6 Å². The molecule has 6 heteroatoms. The summed E-state index contributed by atoms with van der Waals surface area (Å²) >= 11 is 0. The first kappa shape index (κ1) is 79.3. The number of unbranched alkanes of at least 4 members (excludes halogenated alkanes) is 38. The standard InChI is InChI=1S/C77H134O6/c1-4-7-10-13-16-19-22-25-27-29-31-33-35-36-37-38-39-40-42-43-45-47-49-52-55-58-61-64-67-70-76(79)82-73-74(72-81-75(78)69-66-63-60-57-54-51-24-21-18-15-12-9-6-3)83-77(80)71-68-65-62-59-56-53-50-48-46-44-41-34-32-30-28-26-23-20-17-14-11-8-5-2/h7,10,16,19,21,24-25,27,30-33,36-37,39-40,74H,4-6,8-9,11-15,17-18,20,22-23,26,28-29,34-35,38,41-73H2,1-3H3/b10-7-,19-16-,24-21-,27-25-,32-30-,33-31-,37-36-,40-39-. The molecule has 0 aliphatic rings. The third kappa shape index (κ3) is 69.0. The highest BCUT2D eigenvalue weighted by Gasteiger charge is 2.19. The topological polar surface area (TPSA) is 78.9 Å². The maximum atomic E-state index is 13.0. The maximum Gasteiger partial charge on any atom is 0.306 e. The lowest BCUT2D eigenvalue weighted by Crippen LogP contribution is -2.30. The maximum absolute atomic E-state index is 13.0. The molecule has 0 aromatic rings. The zero-order valence-electron chi connectivity index (χ0n) is 54.9. The average molecular weight is 1160 g/mol. The van der Waals surface area contributed by atoms with Crippen molar-refractivity contribution in [2.75, 3.05) is 13.2 Å². The van der Waals surface area contributed by atoms with Crippen LogP contribution in [0.15, 0.2) is 97.2 Å². The Balaban J connectivity index is 4.28. The van der Waals surface area contributed by atoms with E-state index >= 15 is 0 Å². The fraction of sp³-hybridized carbons (Fsp3) is 0.753. The van der Waals surface area contributed by atoms with Crippen molar-refractivity contribution in [3.8, 4) is 0 Å². The monoisotopic (exact) mass is 1160 g/mol. The minimum atomic E-state index is -0.784. The Morgan fingerprint density at radius 3 is 0.759 bits per heavy atom. The van der Waals surface area contributed by atoms with Crippen molar-refractivity contribution in [2.24, 2.45) is 0 Å². The second kappa shape index (κ2) is 70.8. The predicted octanol–water partition coefficient (Wildman–Crippen LogP) is 24.8. The number of hydrogen-bond donors (Lipinski definition) is 0. The average Bonchev–Trinajstić information content (AvgIpc) is 3.49. The van der Waals surface area contributed by atoms with Crippen molar-refractivity contribution in [1.82, 2.24) is 0 Å².